The van der Waals surface area contributed by atoms with Crippen LogP contribution in [0.2, 0.25) is 0 Å². The van der Waals surface area contributed by atoms with E-state index in [1.165, 1.54) is 5.06 Å². The van der Waals surface area contributed by atoms with Crippen molar-refractivity contribution in [1.29, 1.82) is 5.26 Å². The number of anilines is 1. The monoisotopic (exact) mass is 316 g/mol. The number of hydrogen-bond donors (Lipinski definition) is 3. The Bertz CT molecular complexity index is 587. The number of nitrogens with one attached hydrogen (secondary N) is 2. The van der Waals surface area contributed by atoms with Crippen LogP contribution >= 0.6 is 0 Å². The molecule has 23 heavy (non-hydrogen) atoms. The van der Waals surface area contributed by atoms with E-state index in [0.29, 0.717) is 18.8 Å². The van der Waals surface area contributed by atoms with E-state index in [2.05, 4.69) is 20.6 Å². The number of piperidine rings is 1. The van der Waals surface area contributed by atoms with Crippen molar-refractivity contribution in [2.24, 2.45) is 4.99 Å². The molecule has 3 N–H and O–H groups in total. The molecule has 0 aromatic carbocycles. The van der Waals surface area contributed by atoms with E-state index < -0.39 is 0 Å². The molecule has 7 heteroatoms. The number of hydrogen-bond acceptors (Lipinski definition) is 5. The van der Waals surface area contributed by atoms with Crippen LogP contribution in [0.25, 0.3) is 0 Å². The van der Waals surface area contributed by atoms with Gasteiger partial charge in [-0.2, -0.15) is 10.3 Å². The number of aromatic nitrogens is 1. The maximum atomic E-state index is 10.3. The summed E-state index contributed by atoms with van der Waals surface area (Å²) in [7, 11) is 0. The zero-order chi connectivity index (χ0) is 17.1. The third-order valence-electron chi connectivity index (χ3n) is 4.03. The van der Waals surface area contributed by atoms with Gasteiger partial charge in [-0.05, 0) is 52.7 Å². The van der Waals surface area contributed by atoms with Crippen LogP contribution in [0.1, 0.15) is 40.5 Å². The van der Waals surface area contributed by atoms with Gasteiger partial charge in [-0.25, -0.2) is 4.99 Å². The molecule has 0 spiro atoms. The zero-order valence-corrected chi connectivity index (χ0v) is 14.0. The van der Waals surface area contributed by atoms with Crippen LogP contribution in [0.4, 0.5) is 5.69 Å². The van der Waals surface area contributed by atoms with Gasteiger partial charge < -0.3 is 10.5 Å². The largest absolute Gasteiger partial charge is 0.324 e. The van der Waals surface area contributed by atoms with E-state index in [4.69, 9.17) is 5.26 Å². The number of nitrogens with zero attached hydrogens (tertiary/aromatic N) is 4. The number of rotatable bonds is 2. The molecule has 1 aromatic rings. The van der Waals surface area contributed by atoms with Gasteiger partial charge in [0.2, 0.25) is 5.96 Å². The summed E-state index contributed by atoms with van der Waals surface area (Å²) in [5.41, 5.74) is -0.0173. The maximum Gasteiger partial charge on any atom is 0.209 e. The zero-order valence-electron chi connectivity index (χ0n) is 14.0. The van der Waals surface area contributed by atoms with E-state index in [-0.39, 0.29) is 17.1 Å². The van der Waals surface area contributed by atoms with E-state index in [9.17, 15) is 5.21 Å². The Labute approximate surface area is 137 Å². The van der Waals surface area contributed by atoms with Crippen LogP contribution in [-0.4, -0.2) is 38.3 Å². The van der Waals surface area contributed by atoms with E-state index in [1.807, 2.05) is 46.0 Å². The van der Waals surface area contributed by atoms with Crippen LogP contribution in [0, 0.1) is 11.5 Å². The lowest BCUT2D eigenvalue weighted by Gasteiger charge is -2.50. The third-order valence-corrected chi connectivity index (χ3v) is 4.03. The minimum absolute atomic E-state index is 0.0107. The quantitative estimate of drug-likeness (QED) is 0.335. The summed E-state index contributed by atoms with van der Waals surface area (Å²) in [6, 6.07) is 3.65. The molecular formula is C16H24N6O. The van der Waals surface area contributed by atoms with Crippen molar-refractivity contribution in [3.63, 3.8) is 0 Å². The van der Waals surface area contributed by atoms with Crippen LogP contribution in [-0.2, 0) is 0 Å². The molecule has 1 fully saturated rings. The molecule has 124 valence electrons. The molecule has 0 bridgehead atoms. The maximum absolute atomic E-state index is 10.3. The Morgan fingerprint density at radius 2 is 2.04 bits per heavy atom. The Hall–Kier alpha value is -2.17. The summed E-state index contributed by atoms with van der Waals surface area (Å²) in [4.78, 5) is 8.69. The SMILES string of the molecule is CC1(C)CC(N=C(NC#N)Nc2cccnc2)CC(C)(C)N1O. The molecule has 1 aliphatic rings. The Kier molecular flexibility index (Phi) is 4.88. The summed E-state index contributed by atoms with van der Waals surface area (Å²) in [6.45, 7) is 7.95. The molecule has 0 aliphatic carbocycles. The predicted octanol–water partition coefficient (Wildman–Crippen LogP) is 2.33. The van der Waals surface area contributed by atoms with E-state index in [0.717, 1.165) is 5.69 Å². The first kappa shape index (κ1) is 17.2. The molecule has 0 amide bonds. The number of nitriles is 1. The first-order valence-corrected chi connectivity index (χ1v) is 7.64. The molecule has 7 nitrogen and oxygen atoms in total. The molecule has 1 saturated heterocycles. The Morgan fingerprint density at radius 3 is 2.57 bits per heavy atom. The second-order valence-electron chi connectivity index (χ2n) is 7.08. The molecular weight excluding hydrogens is 292 g/mol. The van der Waals surface area contributed by atoms with Gasteiger partial charge in [0.05, 0.1) is 17.9 Å². The van der Waals surface area contributed by atoms with Gasteiger partial charge in [0.15, 0.2) is 6.19 Å². The molecule has 1 aliphatic heterocycles. The highest BCUT2D eigenvalue weighted by molar-refractivity contribution is 5.94. The first-order valence-electron chi connectivity index (χ1n) is 7.64. The minimum atomic E-state index is -0.387. The second kappa shape index (κ2) is 6.52. The fourth-order valence-corrected chi connectivity index (χ4v) is 3.21. The highest BCUT2D eigenvalue weighted by Crippen LogP contribution is 2.37. The van der Waals surface area contributed by atoms with Crippen molar-refractivity contribution in [2.45, 2.75) is 57.7 Å². The van der Waals surface area contributed by atoms with Gasteiger partial charge in [-0.3, -0.25) is 10.3 Å². The molecule has 2 rings (SSSR count). The standard InChI is InChI=1S/C16H24N6O/c1-15(2)8-13(9-16(3,4)22(15)23)21-14(19-11-17)20-12-6-5-7-18-10-12/h5-7,10,13,23H,8-9H2,1-4H3,(H2,19,20,21). The molecule has 0 atom stereocenters. The minimum Gasteiger partial charge on any atom is -0.324 e. The van der Waals surface area contributed by atoms with Crippen LogP contribution in [0.3, 0.4) is 0 Å². The Balaban J connectivity index is 2.20. The van der Waals surface area contributed by atoms with Crippen molar-refractivity contribution < 1.29 is 5.21 Å². The smallest absolute Gasteiger partial charge is 0.209 e. The predicted molar refractivity (Wildman–Crippen MR) is 88.8 cm³/mol. The molecule has 0 unspecified atom stereocenters. The van der Waals surface area contributed by atoms with Gasteiger partial charge in [0, 0.05) is 17.3 Å². The number of guanidine groups is 1. The summed E-state index contributed by atoms with van der Waals surface area (Å²) >= 11 is 0. The van der Waals surface area contributed by atoms with Gasteiger partial charge in [-0.15, -0.1) is 0 Å². The van der Waals surface area contributed by atoms with E-state index in [1.54, 1.807) is 12.4 Å². The molecule has 0 radical (unpaired) electrons. The normalized spacial score (nSPS) is 21.5. The van der Waals surface area contributed by atoms with Crippen molar-refractivity contribution in [2.75, 3.05) is 5.32 Å². The lowest BCUT2D eigenvalue weighted by molar-refractivity contribution is -0.244. The molecule has 2 heterocycles. The highest BCUT2D eigenvalue weighted by atomic mass is 16.5. The second-order valence-corrected chi connectivity index (χ2v) is 7.08. The van der Waals surface area contributed by atoms with Gasteiger partial charge >= 0.3 is 0 Å². The third kappa shape index (κ3) is 4.18. The number of aliphatic imine (C=N–C) groups is 1. The molecule has 1 aromatic heterocycles. The van der Waals surface area contributed by atoms with Crippen LogP contribution < -0.4 is 10.6 Å². The van der Waals surface area contributed by atoms with Crippen molar-refractivity contribution in [3.8, 4) is 6.19 Å². The summed E-state index contributed by atoms with van der Waals surface area (Å²) in [6.07, 6.45) is 6.64. The average molecular weight is 316 g/mol. The van der Waals surface area contributed by atoms with Crippen molar-refractivity contribution in [1.82, 2.24) is 15.4 Å². The lowest BCUT2D eigenvalue weighted by atomic mass is 9.79. The summed E-state index contributed by atoms with van der Waals surface area (Å²) in [5.74, 6) is 0.392. The topological polar surface area (TPSA) is 96.6 Å². The first-order chi connectivity index (χ1) is 10.7. The average Bonchev–Trinajstić information content (AvgIpc) is 2.45. The van der Waals surface area contributed by atoms with Gasteiger partial charge in [0.1, 0.15) is 0 Å². The summed E-state index contributed by atoms with van der Waals surface area (Å²) in [5, 5.41) is 26.4. The number of pyridine rings is 1. The molecule has 0 saturated carbocycles. The summed E-state index contributed by atoms with van der Waals surface area (Å²) < 4.78 is 0. The van der Waals surface area contributed by atoms with Gasteiger partial charge in [0.25, 0.3) is 0 Å². The number of hydroxylamine groups is 2. The highest BCUT2D eigenvalue weighted by Gasteiger charge is 2.45. The van der Waals surface area contributed by atoms with Crippen LogP contribution in [0.5, 0.6) is 0 Å². The van der Waals surface area contributed by atoms with Crippen molar-refractivity contribution >= 4 is 11.6 Å². The van der Waals surface area contributed by atoms with Crippen LogP contribution in [0.15, 0.2) is 29.5 Å². The fraction of sp³-hybridized carbons (Fsp3) is 0.562. The van der Waals surface area contributed by atoms with E-state index >= 15 is 0 Å². The lowest BCUT2D eigenvalue weighted by Crippen LogP contribution is -2.60. The van der Waals surface area contributed by atoms with Gasteiger partial charge in [-0.1, -0.05) is 0 Å². The van der Waals surface area contributed by atoms with Crippen molar-refractivity contribution in [3.05, 3.63) is 24.5 Å². The fourth-order valence-electron chi connectivity index (χ4n) is 3.21. The Morgan fingerprint density at radius 1 is 1.39 bits per heavy atom.